The van der Waals surface area contributed by atoms with Crippen LogP contribution >= 0.6 is 0 Å². The van der Waals surface area contributed by atoms with Crippen LogP contribution < -0.4 is 10.1 Å². The second-order valence-electron chi connectivity index (χ2n) is 6.16. The molecule has 0 aromatic heterocycles. The summed E-state index contributed by atoms with van der Waals surface area (Å²) < 4.78 is 5.81. The van der Waals surface area contributed by atoms with Crippen molar-refractivity contribution in [3.8, 4) is 11.5 Å². The molecule has 2 aromatic rings. The van der Waals surface area contributed by atoms with E-state index in [1.54, 1.807) is 6.08 Å². The lowest BCUT2D eigenvalue weighted by Crippen LogP contribution is -2.34. The third kappa shape index (κ3) is 4.98. The molecule has 0 spiro atoms. The van der Waals surface area contributed by atoms with Gasteiger partial charge in [0.05, 0.1) is 0 Å². The molecule has 1 aliphatic carbocycles. The van der Waals surface area contributed by atoms with Gasteiger partial charge in [0.15, 0.2) is 0 Å². The van der Waals surface area contributed by atoms with Crippen LogP contribution in [0.1, 0.15) is 37.7 Å². The zero-order valence-electron chi connectivity index (χ0n) is 13.8. The van der Waals surface area contributed by atoms with Crippen molar-refractivity contribution in [3.05, 3.63) is 66.2 Å². The second kappa shape index (κ2) is 8.34. The van der Waals surface area contributed by atoms with Crippen LogP contribution in [0.4, 0.5) is 0 Å². The zero-order valence-corrected chi connectivity index (χ0v) is 13.8. The van der Waals surface area contributed by atoms with E-state index in [-0.39, 0.29) is 5.91 Å². The van der Waals surface area contributed by atoms with Crippen molar-refractivity contribution in [2.75, 3.05) is 0 Å². The highest BCUT2D eigenvalue weighted by atomic mass is 16.5. The maximum absolute atomic E-state index is 12.0. The predicted molar refractivity (Wildman–Crippen MR) is 97.0 cm³/mol. The lowest BCUT2D eigenvalue weighted by Gasteiger charge is -2.21. The normalized spacial score (nSPS) is 15.3. The number of rotatable bonds is 5. The Bertz CT molecular complexity index is 688. The average Bonchev–Trinajstić information content (AvgIpc) is 2.62. The van der Waals surface area contributed by atoms with Crippen LogP contribution in [0.5, 0.6) is 11.5 Å². The van der Waals surface area contributed by atoms with Crippen LogP contribution in [0.2, 0.25) is 0 Å². The van der Waals surface area contributed by atoms with Gasteiger partial charge < -0.3 is 10.1 Å². The number of carbonyl (C=O) groups is 1. The minimum absolute atomic E-state index is 0.0173. The van der Waals surface area contributed by atoms with Crippen molar-refractivity contribution in [3.63, 3.8) is 0 Å². The Morgan fingerprint density at radius 3 is 2.50 bits per heavy atom. The van der Waals surface area contributed by atoms with E-state index in [0.717, 1.165) is 29.9 Å². The summed E-state index contributed by atoms with van der Waals surface area (Å²) in [5.74, 6) is 1.54. The van der Waals surface area contributed by atoms with Crippen LogP contribution in [0, 0.1) is 0 Å². The maximum atomic E-state index is 12.0. The van der Waals surface area contributed by atoms with E-state index < -0.39 is 0 Å². The molecule has 24 heavy (non-hydrogen) atoms. The van der Waals surface area contributed by atoms with Crippen LogP contribution in [-0.2, 0) is 4.79 Å². The Kier molecular flexibility index (Phi) is 5.67. The quantitative estimate of drug-likeness (QED) is 0.792. The molecule has 3 heteroatoms. The van der Waals surface area contributed by atoms with Crippen LogP contribution in [-0.4, -0.2) is 11.9 Å². The number of hydrogen-bond donors (Lipinski definition) is 1. The van der Waals surface area contributed by atoms with Gasteiger partial charge >= 0.3 is 0 Å². The van der Waals surface area contributed by atoms with E-state index in [9.17, 15) is 4.79 Å². The number of amides is 1. The molecule has 0 atom stereocenters. The number of para-hydroxylation sites is 1. The topological polar surface area (TPSA) is 38.3 Å². The highest BCUT2D eigenvalue weighted by Crippen LogP contribution is 2.22. The van der Waals surface area contributed by atoms with Gasteiger partial charge in [-0.05, 0) is 48.7 Å². The summed E-state index contributed by atoms with van der Waals surface area (Å²) in [6.45, 7) is 0. The Morgan fingerprint density at radius 2 is 1.71 bits per heavy atom. The van der Waals surface area contributed by atoms with Gasteiger partial charge in [-0.1, -0.05) is 49.6 Å². The highest BCUT2D eigenvalue weighted by molar-refractivity contribution is 5.91. The molecule has 1 fully saturated rings. The van der Waals surface area contributed by atoms with Gasteiger partial charge in [0, 0.05) is 12.1 Å². The Balaban J connectivity index is 1.58. The highest BCUT2D eigenvalue weighted by Gasteiger charge is 2.14. The van der Waals surface area contributed by atoms with Gasteiger partial charge in [-0.25, -0.2) is 0 Å². The molecule has 3 nitrogen and oxygen atoms in total. The van der Waals surface area contributed by atoms with Gasteiger partial charge in [-0.15, -0.1) is 0 Å². The molecule has 1 N–H and O–H groups in total. The first-order chi connectivity index (χ1) is 11.8. The molecule has 2 aromatic carbocycles. The van der Waals surface area contributed by atoms with Crippen LogP contribution in [0.25, 0.3) is 6.08 Å². The van der Waals surface area contributed by atoms with Crippen LogP contribution in [0.3, 0.4) is 0 Å². The van der Waals surface area contributed by atoms with Crippen molar-refractivity contribution in [2.45, 2.75) is 38.1 Å². The maximum Gasteiger partial charge on any atom is 0.244 e. The summed E-state index contributed by atoms with van der Waals surface area (Å²) in [5.41, 5.74) is 0.947. The molecule has 0 radical (unpaired) electrons. The summed E-state index contributed by atoms with van der Waals surface area (Å²) in [6, 6.07) is 17.7. The molecule has 0 saturated heterocycles. The first-order valence-corrected chi connectivity index (χ1v) is 8.61. The molecule has 124 valence electrons. The summed E-state index contributed by atoms with van der Waals surface area (Å²) >= 11 is 0. The third-order valence-electron chi connectivity index (χ3n) is 4.22. The molecular weight excluding hydrogens is 298 g/mol. The average molecular weight is 321 g/mol. The van der Waals surface area contributed by atoms with E-state index in [1.165, 1.54) is 19.3 Å². The predicted octanol–water partition coefficient (Wildman–Crippen LogP) is 4.94. The molecule has 3 rings (SSSR count). The van der Waals surface area contributed by atoms with E-state index in [1.807, 2.05) is 60.7 Å². The lowest BCUT2D eigenvalue weighted by molar-refractivity contribution is -0.117. The number of ether oxygens (including phenoxy) is 1. The van der Waals surface area contributed by atoms with E-state index in [2.05, 4.69) is 5.32 Å². The minimum atomic E-state index is -0.0173. The summed E-state index contributed by atoms with van der Waals surface area (Å²) in [4.78, 5) is 12.0. The van der Waals surface area contributed by atoms with Gasteiger partial charge in [-0.2, -0.15) is 0 Å². The number of carbonyl (C=O) groups excluding carboxylic acids is 1. The number of nitrogens with one attached hydrogen (secondary N) is 1. The van der Waals surface area contributed by atoms with Crippen molar-refractivity contribution in [1.29, 1.82) is 0 Å². The van der Waals surface area contributed by atoms with Gasteiger partial charge in [0.2, 0.25) is 5.91 Å². The van der Waals surface area contributed by atoms with E-state index in [4.69, 9.17) is 4.74 Å². The van der Waals surface area contributed by atoms with E-state index >= 15 is 0 Å². The zero-order chi connectivity index (χ0) is 16.6. The summed E-state index contributed by atoms with van der Waals surface area (Å²) in [6.07, 6.45) is 9.35. The fraction of sp³-hybridized carbons (Fsp3) is 0.286. The Hall–Kier alpha value is -2.55. The van der Waals surface area contributed by atoms with Crippen molar-refractivity contribution in [1.82, 2.24) is 5.32 Å². The number of benzene rings is 2. The first-order valence-electron chi connectivity index (χ1n) is 8.61. The fourth-order valence-electron chi connectivity index (χ4n) is 2.97. The van der Waals surface area contributed by atoms with Gasteiger partial charge in [0.25, 0.3) is 0 Å². The standard InChI is InChI=1S/C21H23NO2/c23-21(22-18-9-3-1-4-10-18)15-14-17-8-7-13-20(16-17)24-19-11-5-2-6-12-19/h2,5-8,11-16,18H,1,3-4,9-10H2,(H,22,23)/b15-14+. The molecular formula is C21H23NO2. The number of hydrogen-bond acceptors (Lipinski definition) is 2. The minimum Gasteiger partial charge on any atom is -0.457 e. The molecule has 1 saturated carbocycles. The molecule has 0 aliphatic heterocycles. The molecule has 1 amide bonds. The third-order valence-corrected chi connectivity index (χ3v) is 4.22. The smallest absolute Gasteiger partial charge is 0.244 e. The van der Waals surface area contributed by atoms with Crippen LogP contribution in [0.15, 0.2) is 60.7 Å². The molecule has 0 unspecified atom stereocenters. The van der Waals surface area contributed by atoms with Crippen molar-refractivity contribution in [2.24, 2.45) is 0 Å². The SMILES string of the molecule is O=C(/C=C/c1cccc(Oc2ccccc2)c1)NC1CCCCC1. The van der Waals surface area contributed by atoms with E-state index in [0.29, 0.717) is 6.04 Å². The molecule has 0 heterocycles. The summed E-state index contributed by atoms with van der Waals surface area (Å²) in [7, 11) is 0. The first kappa shape index (κ1) is 16.3. The summed E-state index contributed by atoms with van der Waals surface area (Å²) in [5, 5.41) is 3.09. The Labute approximate surface area is 143 Å². The lowest BCUT2D eigenvalue weighted by atomic mass is 9.95. The fourth-order valence-corrected chi connectivity index (χ4v) is 2.97. The van der Waals surface area contributed by atoms with Crippen molar-refractivity contribution >= 4 is 12.0 Å². The monoisotopic (exact) mass is 321 g/mol. The largest absolute Gasteiger partial charge is 0.457 e. The van der Waals surface area contributed by atoms with Gasteiger partial charge in [-0.3, -0.25) is 4.79 Å². The van der Waals surface area contributed by atoms with Crippen molar-refractivity contribution < 1.29 is 9.53 Å². The molecule has 0 bridgehead atoms. The van der Waals surface area contributed by atoms with Gasteiger partial charge in [0.1, 0.15) is 11.5 Å². The Morgan fingerprint density at radius 1 is 0.958 bits per heavy atom. The second-order valence-corrected chi connectivity index (χ2v) is 6.16. The molecule has 1 aliphatic rings.